The lowest BCUT2D eigenvalue weighted by Gasteiger charge is -1.98. The summed E-state index contributed by atoms with van der Waals surface area (Å²) in [5.41, 5.74) is 6.87. The second kappa shape index (κ2) is 5.36. The van der Waals surface area contributed by atoms with Gasteiger partial charge >= 0.3 is 0 Å². The zero-order valence-corrected chi connectivity index (χ0v) is 9.08. The number of nitrogen functional groups attached to an aromatic ring is 1. The first-order valence-corrected chi connectivity index (χ1v) is 4.79. The minimum absolute atomic E-state index is 0.0617. The van der Waals surface area contributed by atoms with Crippen molar-refractivity contribution in [3.8, 4) is 0 Å². The van der Waals surface area contributed by atoms with Crippen LogP contribution >= 0.6 is 11.6 Å². The van der Waals surface area contributed by atoms with E-state index in [0.717, 1.165) is 5.56 Å². The molecule has 0 fully saturated rings. The highest BCUT2D eigenvalue weighted by Crippen LogP contribution is 2.16. The van der Waals surface area contributed by atoms with Crippen molar-refractivity contribution in [3.05, 3.63) is 29.1 Å². The Morgan fingerprint density at radius 3 is 3.07 bits per heavy atom. The van der Waals surface area contributed by atoms with Crippen LogP contribution in [-0.2, 0) is 4.79 Å². The number of rotatable bonds is 3. The van der Waals surface area contributed by atoms with Crippen molar-refractivity contribution in [1.29, 1.82) is 0 Å². The van der Waals surface area contributed by atoms with E-state index in [1.807, 2.05) is 12.2 Å². The molecule has 5 heteroatoms. The van der Waals surface area contributed by atoms with Gasteiger partial charge in [0.15, 0.2) is 5.15 Å². The Hall–Kier alpha value is -1.55. The maximum absolute atomic E-state index is 10.6. The van der Waals surface area contributed by atoms with Gasteiger partial charge in [-0.15, -0.1) is 0 Å². The molecule has 0 aliphatic rings. The van der Waals surface area contributed by atoms with Crippen molar-refractivity contribution in [3.63, 3.8) is 0 Å². The van der Waals surface area contributed by atoms with Crippen LogP contribution in [0, 0.1) is 0 Å². The molecule has 4 nitrogen and oxygen atoms in total. The van der Waals surface area contributed by atoms with Crippen LogP contribution in [0.5, 0.6) is 0 Å². The molecular formula is C10H12ClN3O. The molecule has 0 saturated carbocycles. The van der Waals surface area contributed by atoms with Crippen molar-refractivity contribution in [2.24, 2.45) is 0 Å². The Labute approximate surface area is 93.1 Å². The van der Waals surface area contributed by atoms with Gasteiger partial charge in [-0.3, -0.25) is 4.79 Å². The first-order chi connectivity index (χ1) is 7.09. The average molecular weight is 226 g/mol. The molecule has 1 aromatic rings. The summed E-state index contributed by atoms with van der Waals surface area (Å²) < 4.78 is 0. The van der Waals surface area contributed by atoms with Gasteiger partial charge in [-0.25, -0.2) is 4.98 Å². The number of pyridine rings is 1. The summed E-state index contributed by atoms with van der Waals surface area (Å²) in [7, 11) is 0. The fourth-order valence-corrected chi connectivity index (χ4v) is 1.07. The smallest absolute Gasteiger partial charge is 0.217 e. The number of nitrogens with two attached hydrogens (primary N) is 1. The van der Waals surface area contributed by atoms with Crippen LogP contribution in [0.15, 0.2) is 18.3 Å². The Morgan fingerprint density at radius 2 is 2.47 bits per heavy atom. The monoisotopic (exact) mass is 225 g/mol. The highest BCUT2D eigenvalue weighted by molar-refractivity contribution is 6.31. The van der Waals surface area contributed by atoms with E-state index in [1.165, 1.54) is 6.92 Å². The maximum Gasteiger partial charge on any atom is 0.217 e. The summed E-state index contributed by atoms with van der Waals surface area (Å²) >= 11 is 5.67. The van der Waals surface area contributed by atoms with Crippen molar-refractivity contribution in [2.45, 2.75) is 6.92 Å². The van der Waals surface area contributed by atoms with E-state index in [4.69, 9.17) is 17.3 Å². The van der Waals surface area contributed by atoms with Crippen LogP contribution in [0.4, 0.5) is 5.69 Å². The second-order valence-electron chi connectivity index (χ2n) is 2.99. The highest BCUT2D eigenvalue weighted by atomic mass is 35.5. The highest BCUT2D eigenvalue weighted by Gasteiger charge is 1.96. The summed E-state index contributed by atoms with van der Waals surface area (Å²) in [5, 5.41) is 2.94. The van der Waals surface area contributed by atoms with Gasteiger partial charge in [0, 0.05) is 19.7 Å². The van der Waals surface area contributed by atoms with E-state index < -0.39 is 0 Å². The molecule has 1 heterocycles. The molecule has 0 aromatic carbocycles. The normalized spacial score (nSPS) is 10.5. The van der Waals surface area contributed by atoms with E-state index in [-0.39, 0.29) is 5.91 Å². The van der Waals surface area contributed by atoms with Crippen LogP contribution in [0.2, 0.25) is 5.15 Å². The molecule has 1 rings (SSSR count). The summed E-state index contributed by atoms with van der Waals surface area (Å²) in [6, 6.07) is 1.72. The molecule has 0 unspecified atom stereocenters. The molecule has 0 spiro atoms. The molecule has 80 valence electrons. The van der Waals surface area contributed by atoms with Gasteiger partial charge in [-0.2, -0.15) is 0 Å². The van der Waals surface area contributed by atoms with Gasteiger partial charge in [-0.1, -0.05) is 23.8 Å². The van der Waals surface area contributed by atoms with Gasteiger partial charge in [0.25, 0.3) is 0 Å². The number of hydrogen-bond donors (Lipinski definition) is 2. The predicted molar refractivity (Wildman–Crippen MR) is 61.4 cm³/mol. The van der Waals surface area contributed by atoms with Gasteiger partial charge in [-0.05, 0) is 11.6 Å². The van der Waals surface area contributed by atoms with Gasteiger partial charge in [0.05, 0.1) is 5.69 Å². The molecule has 3 N–H and O–H groups in total. The molecule has 0 aliphatic heterocycles. The molecule has 0 atom stereocenters. The number of carbonyl (C=O) groups is 1. The summed E-state index contributed by atoms with van der Waals surface area (Å²) in [6.45, 7) is 1.95. The number of anilines is 1. The largest absolute Gasteiger partial charge is 0.396 e. The number of aromatic nitrogens is 1. The Kier molecular flexibility index (Phi) is 4.12. The fourth-order valence-electron chi connectivity index (χ4n) is 0.971. The van der Waals surface area contributed by atoms with Crippen molar-refractivity contribution < 1.29 is 4.79 Å². The number of nitrogens with one attached hydrogen (secondary N) is 1. The Morgan fingerprint density at radius 1 is 1.73 bits per heavy atom. The SMILES string of the molecule is CC(=O)NCC=Cc1cnc(Cl)c(N)c1. The summed E-state index contributed by atoms with van der Waals surface area (Å²) in [5.74, 6) is -0.0617. The van der Waals surface area contributed by atoms with E-state index in [0.29, 0.717) is 17.4 Å². The standard InChI is InChI=1S/C10H12ClN3O/c1-7(15)13-4-2-3-8-5-9(12)10(11)14-6-8/h2-3,5-6H,4,12H2,1H3,(H,13,15). The number of amides is 1. The maximum atomic E-state index is 10.6. The number of nitrogens with zero attached hydrogens (tertiary/aromatic N) is 1. The van der Waals surface area contributed by atoms with Crippen molar-refractivity contribution >= 4 is 29.3 Å². The molecule has 15 heavy (non-hydrogen) atoms. The molecule has 0 radical (unpaired) electrons. The van der Waals surface area contributed by atoms with Crippen LogP contribution in [0.3, 0.4) is 0 Å². The van der Waals surface area contributed by atoms with E-state index in [1.54, 1.807) is 12.3 Å². The Bertz CT molecular complexity index is 390. The van der Waals surface area contributed by atoms with Gasteiger partial charge in [0.1, 0.15) is 0 Å². The van der Waals surface area contributed by atoms with E-state index in [2.05, 4.69) is 10.3 Å². The van der Waals surface area contributed by atoms with Crippen LogP contribution in [0.1, 0.15) is 12.5 Å². The lowest BCUT2D eigenvalue weighted by atomic mass is 10.2. The fraction of sp³-hybridized carbons (Fsp3) is 0.200. The van der Waals surface area contributed by atoms with Crippen molar-refractivity contribution in [2.75, 3.05) is 12.3 Å². The first kappa shape index (κ1) is 11.5. The zero-order valence-electron chi connectivity index (χ0n) is 8.33. The van der Waals surface area contributed by atoms with Gasteiger partial charge in [0.2, 0.25) is 5.91 Å². The molecular weight excluding hydrogens is 214 g/mol. The lowest BCUT2D eigenvalue weighted by Crippen LogP contribution is -2.19. The molecule has 0 saturated heterocycles. The average Bonchev–Trinajstić information content (AvgIpc) is 2.18. The molecule has 1 amide bonds. The molecule has 0 aliphatic carbocycles. The van der Waals surface area contributed by atoms with E-state index in [9.17, 15) is 4.79 Å². The van der Waals surface area contributed by atoms with E-state index >= 15 is 0 Å². The minimum Gasteiger partial charge on any atom is -0.396 e. The third-order valence-corrected chi connectivity index (χ3v) is 1.98. The molecule has 1 aromatic heterocycles. The van der Waals surface area contributed by atoms with Crippen LogP contribution in [0.25, 0.3) is 6.08 Å². The third kappa shape index (κ3) is 3.99. The topological polar surface area (TPSA) is 68.0 Å². The van der Waals surface area contributed by atoms with Crippen LogP contribution in [-0.4, -0.2) is 17.4 Å². The second-order valence-corrected chi connectivity index (χ2v) is 3.35. The quantitative estimate of drug-likeness (QED) is 0.766. The zero-order chi connectivity index (χ0) is 11.3. The summed E-state index contributed by atoms with van der Waals surface area (Å²) in [4.78, 5) is 14.5. The van der Waals surface area contributed by atoms with Crippen molar-refractivity contribution in [1.82, 2.24) is 10.3 Å². The number of halogens is 1. The summed E-state index contributed by atoms with van der Waals surface area (Å²) in [6.07, 6.45) is 5.24. The molecule has 0 bridgehead atoms. The first-order valence-electron chi connectivity index (χ1n) is 4.41. The lowest BCUT2D eigenvalue weighted by molar-refractivity contribution is -0.118. The third-order valence-electron chi connectivity index (χ3n) is 1.67. The Balaban J connectivity index is 2.57. The van der Waals surface area contributed by atoms with Gasteiger partial charge < -0.3 is 11.1 Å². The number of hydrogen-bond acceptors (Lipinski definition) is 3. The minimum atomic E-state index is -0.0617. The number of carbonyl (C=O) groups excluding carboxylic acids is 1. The predicted octanol–water partition coefficient (Wildman–Crippen LogP) is 1.47. The van der Waals surface area contributed by atoms with Crippen LogP contribution < -0.4 is 11.1 Å².